The number of hydrogen-bond donors (Lipinski definition) is 1. The molecule has 36 heavy (non-hydrogen) atoms. The van der Waals surface area contributed by atoms with Crippen molar-refractivity contribution in [1.29, 1.82) is 0 Å². The lowest BCUT2D eigenvalue weighted by molar-refractivity contribution is -0.121. The van der Waals surface area contributed by atoms with Crippen LogP contribution in [-0.2, 0) is 16.1 Å². The van der Waals surface area contributed by atoms with Gasteiger partial charge in [-0.2, -0.15) is 4.99 Å². The normalized spacial score (nSPS) is 17.1. The summed E-state index contributed by atoms with van der Waals surface area (Å²) in [4.78, 5) is 45.6. The van der Waals surface area contributed by atoms with Crippen LogP contribution in [0.15, 0.2) is 47.5 Å². The van der Waals surface area contributed by atoms with Crippen LogP contribution in [-0.4, -0.2) is 72.3 Å². The number of anilines is 1. The maximum atomic E-state index is 12.9. The summed E-state index contributed by atoms with van der Waals surface area (Å²) in [6, 6.07) is 12.2. The largest absolute Gasteiger partial charge is 0.497 e. The molecule has 0 saturated carbocycles. The van der Waals surface area contributed by atoms with Crippen LogP contribution in [0.2, 0.25) is 0 Å². The molecule has 1 saturated heterocycles. The fourth-order valence-corrected chi connectivity index (χ4v) is 5.28. The molecule has 0 radical (unpaired) electrons. The molecule has 1 atom stereocenters. The van der Waals surface area contributed by atoms with Gasteiger partial charge in [0.05, 0.1) is 14.2 Å². The van der Waals surface area contributed by atoms with Gasteiger partial charge in [0, 0.05) is 56.0 Å². The van der Waals surface area contributed by atoms with Crippen molar-refractivity contribution in [2.75, 3.05) is 39.7 Å². The van der Waals surface area contributed by atoms with E-state index < -0.39 is 5.25 Å². The fourth-order valence-electron chi connectivity index (χ4n) is 4.16. The van der Waals surface area contributed by atoms with E-state index in [2.05, 4.69) is 15.2 Å². The Kier molecular flexibility index (Phi) is 8.14. The van der Waals surface area contributed by atoms with Gasteiger partial charge in [0.2, 0.25) is 5.91 Å². The number of benzene rings is 2. The van der Waals surface area contributed by atoms with Gasteiger partial charge in [-0.25, -0.2) is 0 Å². The van der Waals surface area contributed by atoms with E-state index in [4.69, 9.17) is 9.47 Å². The van der Waals surface area contributed by atoms with Crippen molar-refractivity contribution in [2.45, 2.75) is 31.1 Å². The van der Waals surface area contributed by atoms with Crippen molar-refractivity contribution in [2.24, 2.45) is 4.99 Å². The minimum absolute atomic E-state index is 0.0530. The Hall–Kier alpha value is -3.53. The molecule has 0 unspecified atom stereocenters. The first kappa shape index (κ1) is 25.6. The second-order valence-electron chi connectivity index (χ2n) is 8.70. The van der Waals surface area contributed by atoms with Crippen molar-refractivity contribution in [3.63, 3.8) is 0 Å². The Bertz CT molecular complexity index is 1160. The van der Waals surface area contributed by atoms with Gasteiger partial charge in [-0.1, -0.05) is 11.8 Å². The zero-order valence-electron chi connectivity index (χ0n) is 20.7. The third-order valence-corrected chi connectivity index (χ3v) is 7.35. The quantitative estimate of drug-likeness (QED) is 0.581. The van der Waals surface area contributed by atoms with Gasteiger partial charge in [0.25, 0.3) is 11.8 Å². The highest BCUT2D eigenvalue weighted by Gasteiger charge is 2.33. The third-order valence-electron chi connectivity index (χ3n) is 6.14. The first-order chi connectivity index (χ1) is 17.4. The van der Waals surface area contributed by atoms with Crippen LogP contribution in [0.1, 0.15) is 35.2 Å². The molecule has 10 heteroatoms. The van der Waals surface area contributed by atoms with E-state index >= 15 is 0 Å². The molecular formula is C26H30N4O5S. The lowest BCUT2D eigenvalue weighted by Gasteiger charge is -2.19. The molecule has 2 aliphatic rings. The number of likely N-dealkylation sites (tertiary alicyclic amines) is 1. The molecule has 4 rings (SSSR count). The SMILES string of the molecule is COc1ccc(CN(C)C(=O)c2ccc(NC(=O)C[C@@H]3SC(N4CCCC4)=NC3=O)cc2)c(OC)c1. The number of carbonyl (C=O) groups excluding carboxylic acids is 3. The molecule has 1 N–H and O–H groups in total. The average Bonchev–Trinajstić information content (AvgIpc) is 3.54. The highest BCUT2D eigenvalue weighted by Crippen LogP contribution is 2.29. The van der Waals surface area contributed by atoms with Crippen LogP contribution in [0, 0.1) is 0 Å². The van der Waals surface area contributed by atoms with Crippen molar-refractivity contribution < 1.29 is 23.9 Å². The number of aliphatic imine (C=N–C) groups is 1. The van der Waals surface area contributed by atoms with Crippen LogP contribution in [0.3, 0.4) is 0 Å². The molecule has 190 valence electrons. The van der Waals surface area contributed by atoms with E-state index in [1.54, 1.807) is 56.5 Å². The fraction of sp³-hybridized carbons (Fsp3) is 0.385. The van der Waals surface area contributed by atoms with Gasteiger partial charge in [-0.3, -0.25) is 14.4 Å². The lowest BCUT2D eigenvalue weighted by atomic mass is 10.1. The van der Waals surface area contributed by atoms with Gasteiger partial charge in [0.15, 0.2) is 5.17 Å². The maximum absolute atomic E-state index is 12.9. The Labute approximate surface area is 214 Å². The Morgan fingerprint density at radius 2 is 1.83 bits per heavy atom. The number of nitrogens with zero attached hydrogens (tertiary/aromatic N) is 3. The summed E-state index contributed by atoms with van der Waals surface area (Å²) in [5.41, 5.74) is 1.91. The van der Waals surface area contributed by atoms with Gasteiger partial charge in [-0.05, 0) is 49.2 Å². The minimum Gasteiger partial charge on any atom is -0.497 e. The molecule has 0 spiro atoms. The molecule has 0 aliphatic carbocycles. The molecule has 1 fully saturated rings. The number of thioether (sulfide) groups is 1. The number of carbonyl (C=O) groups is 3. The van der Waals surface area contributed by atoms with Crippen LogP contribution in [0.4, 0.5) is 5.69 Å². The number of methoxy groups -OCH3 is 2. The van der Waals surface area contributed by atoms with Crippen LogP contribution in [0.25, 0.3) is 0 Å². The van der Waals surface area contributed by atoms with Crippen molar-refractivity contribution in [3.05, 3.63) is 53.6 Å². The summed E-state index contributed by atoms with van der Waals surface area (Å²) in [7, 11) is 4.88. The zero-order valence-corrected chi connectivity index (χ0v) is 21.5. The van der Waals surface area contributed by atoms with Crippen molar-refractivity contribution in [1.82, 2.24) is 9.80 Å². The van der Waals surface area contributed by atoms with Gasteiger partial charge in [0.1, 0.15) is 16.7 Å². The summed E-state index contributed by atoms with van der Waals surface area (Å²) < 4.78 is 10.6. The maximum Gasteiger partial charge on any atom is 0.262 e. The average molecular weight is 511 g/mol. The second-order valence-corrected chi connectivity index (χ2v) is 9.87. The molecule has 2 aromatic carbocycles. The standard InChI is InChI=1S/C26H30N4O5S/c1-29(16-18-8-11-20(34-2)14-21(18)35-3)25(33)17-6-9-19(10-7-17)27-23(31)15-22-24(32)28-26(36-22)30-12-4-5-13-30/h6-11,14,22H,4-5,12-13,15-16H2,1-3H3,(H,27,31)/t22-/m0/s1. The van der Waals surface area contributed by atoms with Gasteiger partial charge < -0.3 is 24.6 Å². The third kappa shape index (κ3) is 5.99. The Balaban J connectivity index is 1.30. The number of amidine groups is 1. The molecule has 2 aromatic rings. The number of hydrogen-bond acceptors (Lipinski definition) is 7. The Morgan fingerprint density at radius 1 is 1.11 bits per heavy atom. The van der Waals surface area contributed by atoms with Crippen LogP contribution < -0.4 is 14.8 Å². The topological polar surface area (TPSA) is 101 Å². The zero-order chi connectivity index (χ0) is 25.7. The molecule has 9 nitrogen and oxygen atoms in total. The number of nitrogens with one attached hydrogen (secondary N) is 1. The van der Waals surface area contributed by atoms with Crippen LogP contribution >= 0.6 is 11.8 Å². The second kappa shape index (κ2) is 11.5. The number of ether oxygens (including phenoxy) is 2. The summed E-state index contributed by atoms with van der Waals surface area (Å²) >= 11 is 1.37. The predicted molar refractivity (Wildman–Crippen MR) is 140 cm³/mol. The van der Waals surface area contributed by atoms with Crippen LogP contribution in [0.5, 0.6) is 11.5 Å². The van der Waals surface area contributed by atoms with E-state index in [1.807, 2.05) is 12.1 Å². The van der Waals surface area contributed by atoms with Crippen molar-refractivity contribution in [3.8, 4) is 11.5 Å². The predicted octanol–water partition coefficient (Wildman–Crippen LogP) is 3.40. The Morgan fingerprint density at radius 3 is 2.50 bits per heavy atom. The van der Waals surface area contributed by atoms with Gasteiger partial charge >= 0.3 is 0 Å². The first-order valence-corrected chi connectivity index (χ1v) is 12.7. The minimum atomic E-state index is -0.495. The highest BCUT2D eigenvalue weighted by molar-refractivity contribution is 8.15. The van der Waals surface area contributed by atoms with E-state index in [0.717, 1.165) is 36.7 Å². The molecule has 2 heterocycles. The highest BCUT2D eigenvalue weighted by atomic mass is 32.2. The van der Waals surface area contributed by atoms with E-state index in [0.29, 0.717) is 29.3 Å². The van der Waals surface area contributed by atoms with E-state index in [9.17, 15) is 14.4 Å². The smallest absolute Gasteiger partial charge is 0.262 e. The van der Waals surface area contributed by atoms with E-state index in [-0.39, 0.29) is 24.1 Å². The molecule has 0 bridgehead atoms. The molecular weight excluding hydrogens is 480 g/mol. The molecule has 0 aromatic heterocycles. The molecule has 2 aliphatic heterocycles. The summed E-state index contributed by atoms with van der Waals surface area (Å²) in [6.45, 7) is 2.18. The summed E-state index contributed by atoms with van der Waals surface area (Å²) in [5, 5.41) is 3.05. The number of rotatable bonds is 8. The lowest BCUT2D eigenvalue weighted by Crippen LogP contribution is -2.26. The van der Waals surface area contributed by atoms with Crippen molar-refractivity contribution >= 4 is 40.3 Å². The summed E-state index contributed by atoms with van der Waals surface area (Å²) in [5.74, 6) is 0.642. The first-order valence-electron chi connectivity index (χ1n) is 11.8. The van der Waals surface area contributed by atoms with E-state index in [1.165, 1.54) is 11.8 Å². The summed E-state index contributed by atoms with van der Waals surface area (Å²) in [6.07, 6.45) is 2.25. The molecule has 3 amide bonds. The monoisotopic (exact) mass is 510 g/mol. The number of amides is 3. The van der Waals surface area contributed by atoms with Gasteiger partial charge in [-0.15, -0.1) is 0 Å².